The Morgan fingerprint density at radius 1 is 1.41 bits per heavy atom. The summed E-state index contributed by atoms with van der Waals surface area (Å²) in [6, 6.07) is 0.258. The van der Waals surface area contributed by atoms with Gasteiger partial charge in [0.2, 0.25) is 5.91 Å². The van der Waals surface area contributed by atoms with Gasteiger partial charge in [0.15, 0.2) is 0 Å². The lowest BCUT2D eigenvalue weighted by molar-refractivity contribution is -0.124. The Balaban J connectivity index is 2.44. The zero-order chi connectivity index (χ0) is 12.8. The zero-order valence-corrected chi connectivity index (χ0v) is 11.6. The van der Waals surface area contributed by atoms with Crippen molar-refractivity contribution in [2.45, 2.75) is 45.2 Å². The first kappa shape index (κ1) is 14.5. The Bertz CT molecular complexity index is 235. The number of carbonyl (C=O) groups is 1. The van der Waals surface area contributed by atoms with E-state index in [1.807, 2.05) is 14.1 Å². The normalized spacial score (nSPS) is 22.8. The fraction of sp³-hybridized carbons (Fsp3) is 0.923. The third-order valence-electron chi connectivity index (χ3n) is 3.32. The predicted molar refractivity (Wildman–Crippen MR) is 71.0 cm³/mol. The number of nitrogens with one attached hydrogen (secondary N) is 2. The number of piperidine rings is 1. The maximum Gasteiger partial charge on any atom is 0.237 e. The number of carbonyl (C=O) groups excluding carboxylic acids is 1. The number of hydrogen-bond acceptors (Lipinski definition) is 3. The van der Waals surface area contributed by atoms with Crippen molar-refractivity contribution in [1.29, 1.82) is 0 Å². The molecule has 0 aliphatic carbocycles. The van der Waals surface area contributed by atoms with Crippen LogP contribution in [0.15, 0.2) is 0 Å². The van der Waals surface area contributed by atoms with Crippen LogP contribution in [0.2, 0.25) is 0 Å². The first-order valence-electron chi connectivity index (χ1n) is 6.69. The molecule has 1 aliphatic heterocycles. The minimum Gasteiger partial charge on any atom is -0.350 e. The summed E-state index contributed by atoms with van der Waals surface area (Å²) >= 11 is 0. The van der Waals surface area contributed by atoms with Crippen molar-refractivity contribution in [1.82, 2.24) is 15.5 Å². The fourth-order valence-corrected chi connectivity index (χ4v) is 2.18. The third kappa shape index (κ3) is 5.04. The summed E-state index contributed by atoms with van der Waals surface area (Å²) in [7, 11) is 4.08. The van der Waals surface area contributed by atoms with E-state index >= 15 is 0 Å². The first-order valence-corrected chi connectivity index (χ1v) is 6.69. The number of likely N-dealkylation sites (N-methyl/N-ethyl adjacent to an activating group) is 1. The number of rotatable bonds is 5. The molecule has 4 nitrogen and oxygen atoms in total. The van der Waals surface area contributed by atoms with Gasteiger partial charge in [-0.15, -0.1) is 0 Å². The zero-order valence-electron chi connectivity index (χ0n) is 11.6. The molecular weight excluding hydrogens is 214 g/mol. The van der Waals surface area contributed by atoms with E-state index in [4.69, 9.17) is 0 Å². The van der Waals surface area contributed by atoms with E-state index in [2.05, 4.69) is 29.4 Å². The van der Waals surface area contributed by atoms with E-state index in [0.29, 0.717) is 5.92 Å². The van der Waals surface area contributed by atoms with Crippen LogP contribution >= 0.6 is 0 Å². The van der Waals surface area contributed by atoms with Gasteiger partial charge in [-0.1, -0.05) is 20.3 Å². The molecule has 1 unspecified atom stereocenters. The average Bonchev–Trinajstić information content (AvgIpc) is 2.28. The second kappa shape index (κ2) is 6.97. The summed E-state index contributed by atoms with van der Waals surface area (Å²) in [6.07, 6.45) is 3.32. The van der Waals surface area contributed by atoms with Crippen LogP contribution in [0.25, 0.3) is 0 Å². The Morgan fingerprint density at radius 3 is 2.59 bits per heavy atom. The van der Waals surface area contributed by atoms with Crippen molar-refractivity contribution in [2.24, 2.45) is 5.92 Å². The lowest BCUT2D eigenvalue weighted by Crippen LogP contribution is -2.53. The van der Waals surface area contributed by atoms with Crippen LogP contribution in [-0.4, -0.2) is 50.1 Å². The molecular formula is C13H27N3O. The molecule has 2 atom stereocenters. The minimum absolute atomic E-state index is 0.0205. The molecule has 0 aromatic rings. The average molecular weight is 241 g/mol. The van der Waals surface area contributed by atoms with Gasteiger partial charge < -0.3 is 15.5 Å². The van der Waals surface area contributed by atoms with Crippen molar-refractivity contribution < 1.29 is 4.79 Å². The van der Waals surface area contributed by atoms with E-state index in [9.17, 15) is 4.79 Å². The summed E-state index contributed by atoms with van der Waals surface area (Å²) in [5, 5.41) is 6.47. The highest BCUT2D eigenvalue weighted by Crippen LogP contribution is 2.09. The Kier molecular flexibility index (Phi) is 5.92. The van der Waals surface area contributed by atoms with Gasteiger partial charge in [0.05, 0.1) is 6.04 Å². The highest BCUT2D eigenvalue weighted by molar-refractivity contribution is 5.82. The summed E-state index contributed by atoms with van der Waals surface area (Å²) < 4.78 is 0. The highest BCUT2D eigenvalue weighted by Gasteiger charge is 2.24. The van der Waals surface area contributed by atoms with Crippen molar-refractivity contribution in [3.05, 3.63) is 0 Å². The van der Waals surface area contributed by atoms with E-state index < -0.39 is 0 Å². The molecule has 1 heterocycles. The molecule has 17 heavy (non-hydrogen) atoms. The van der Waals surface area contributed by atoms with Crippen LogP contribution in [-0.2, 0) is 4.79 Å². The smallest absolute Gasteiger partial charge is 0.237 e. The van der Waals surface area contributed by atoms with Crippen LogP contribution in [0.4, 0.5) is 0 Å². The maximum atomic E-state index is 12.1. The molecule has 0 radical (unpaired) electrons. The van der Waals surface area contributed by atoms with Crippen LogP contribution in [0.3, 0.4) is 0 Å². The van der Waals surface area contributed by atoms with E-state index in [0.717, 1.165) is 25.9 Å². The summed E-state index contributed by atoms with van der Waals surface area (Å²) in [5.41, 5.74) is 0. The second-order valence-corrected chi connectivity index (χ2v) is 5.62. The molecule has 1 rings (SSSR count). The number of amides is 1. The molecule has 1 saturated heterocycles. The van der Waals surface area contributed by atoms with Gasteiger partial charge in [0.1, 0.15) is 0 Å². The Morgan fingerprint density at radius 2 is 2.12 bits per heavy atom. The topological polar surface area (TPSA) is 44.4 Å². The molecule has 1 fully saturated rings. The molecule has 0 spiro atoms. The molecule has 0 bridgehead atoms. The Labute approximate surface area is 105 Å². The van der Waals surface area contributed by atoms with E-state index in [-0.39, 0.29) is 18.0 Å². The van der Waals surface area contributed by atoms with Gasteiger partial charge in [-0.25, -0.2) is 0 Å². The van der Waals surface area contributed by atoms with Gasteiger partial charge in [0.25, 0.3) is 0 Å². The first-order chi connectivity index (χ1) is 8.00. The lowest BCUT2D eigenvalue weighted by Gasteiger charge is -2.29. The predicted octanol–water partition coefficient (Wildman–Crippen LogP) is 0.831. The monoisotopic (exact) mass is 241 g/mol. The molecule has 2 N–H and O–H groups in total. The summed E-state index contributed by atoms with van der Waals surface area (Å²) in [4.78, 5) is 14.2. The molecule has 0 aromatic heterocycles. The molecule has 0 saturated carbocycles. The SMILES string of the molecule is CC(C)C(CN(C)C)NC(=O)[C@@H]1CCCCN1. The van der Waals surface area contributed by atoms with Crippen LogP contribution in [0.5, 0.6) is 0 Å². The fourth-order valence-electron chi connectivity index (χ4n) is 2.18. The van der Waals surface area contributed by atoms with Crippen molar-refractivity contribution >= 4 is 5.91 Å². The quantitative estimate of drug-likeness (QED) is 0.749. The van der Waals surface area contributed by atoms with Crippen molar-refractivity contribution in [3.8, 4) is 0 Å². The van der Waals surface area contributed by atoms with Crippen molar-refractivity contribution in [2.75, 3.05) is 27.2 Å². The van der Waals surface area contributed by atoms with E-state index in [1.54, 1.807) is 0 Å². The molecule has 1 aliphatic rings. The van der Waals surface area contributed by atoms with Crippen molar-refractivity contribution in [3.63, 3.8) is 0 Å². The molecule has 100 valence electrons. The molecule has 1 amide bonds. The van der Waals surface area contributed by atoms with Crippen LogP contribution < -0.4 is 10.6 Å². The minimum atomic E-state index is 0.0205. The standard InChI is InChI=1S/C13H27N3O/c1-10(2)12(9-16(3)4)15-13(17)11-7-5-6-8-14-11/h10-12,14H,5-9H2,1-4H3,(H,15,17)/t11-,12?/m0/s1. The van der Waals surface area contributed by atoms with Gasteiger partial charge in [0, 0.05) is 12.6 Å². The lowest BCUT2D eigenvalue weighted by atomic mass is 10.0. The van der Waals surface area contributed by atoms with Crippen LogP contribution in [0.1, 0.15) is 33.1 Å². The van der Waals surface area contributed by atoms with E-state index in [1.165, 1.54) is 6.42 Å². The van der Waals surface area contributed by atoms with Gasteiger partial charge >= 0.3 is 0 Å². The molecule has 0 aromatic carbocycles. The molecule has 4 heteroatoms. The summed E-state index contributed by atoms with van der Waals surface area (Å²) in [6.45, 7) is 6.18. The number of hydrogen-bond donors (Lipinski definition) is 2. The largest absolute Gasteiger partial charge is 0.350 e. The second-order valence-electron chi connectivity index (χ2n) is 5.62. The van der Waals surface area contributed by atoms with Gasteiger partial charge in [-0.3, -0.25) is 4.79 Å². The maximum absolute atomic E-state index is 12.1. The van der Waals surface area contributed by atoms with Gasteiger partial charge in [-0.05, 0) is 39.4 Å². The van der Waals surface area contributed by atoms with Crippen LogP contribution in [0, 0.1) is 5.92 Å². The Hall–Kier alpha value is -0.610. The third-order valence-corrected chi connectivity index (χ3v) is 3.32. The van der Waals surface area contributed by atoms with Gasteiger partial charge in [-0.2, -0.15) is 0 Å². The number of nitrogens with zero attached hydrogens (tertiary/aromatic N) is 1. The summed E-state index contributed by atoms with van der Waals surface area (Å²) in [5.74, 6) is 0.634. The highest BCUT2D eigenvalue weighted by atomic mass is 16.2.